The van der Waals surface area contributed by atoms with Crippen LogP contribution in [0.3, 0.4) is 0 Å². The highest BCUT2D eigenvalue weighted by Crippen LogP contribution is 2.40. The Morgan fingerprint density at radius 1 is 1.04 bits per heavy atom. The first-order chi connectivity index (χ1) is 12.2. The van der Waals surface area contributed by atoms with E-state index < -0.39 is 0 Å². The highest BCUT2D eigenvalue weighted by molar-refractivity contribution is 5.87. The summed E-state index contributed by atoms with van der Waals surface area (Å²) in [4.78, 5) is 31.8. The number of carbonyl (C=O) groups is 2. The summed E-state index contributed by atoms with van der Waals surface area (Å²) in [6.07, 6.45) is 5.94. The first kappa shape index (κ1) is 17.1. The van der Waals surface area contributed by atoms with Crippen LogP contribution in [0.2, 0.25) is 0 Å². The lowest BCUT2D eigenvalue weighted by Gasteiger charge is -2.52. The molecule has 4 aliphatic rings. The summed E-state index contributed by atoms with van der Waals surface area (Å²) >= 11 is 0. The molecule has 3 aliphatic heterocycles. The number of hydrogen-bond donors (Lipinski definition) is 1. The van der Waals surface area contributed by atoms with Gasteiger partial charge in [0.05, 0.1) is 13.2 Å². The van der Waals surface area contributed by atoms with Gasteiger partial charge in [0.25, 0.3) is 0 Å². The first-order valence-corrected chi connectivity index (χ1v) is 9.87. The number of nitrogens with zero attached hydrogens (tertiary/aromatic N) is 3. The number of ether oxygens (including phenoxy) is 1. The van der Waals surface area contributed by atoms with Crippen molar-refractivity contribution in [3.8, 4) is 0 Å². The standard InChI is InChI=1S/C18H30N4O3/c23-16(18(5-1-6-18)21-11-13-25-14-12-21)20-9-3-15(4-10-20)22-8-2-7-19-17(22)24/h15H,1-14H2,(H,19,24). The summed E-state index contributed by atoms with van der Waals surface area (Å²) in [5.74, 6) is 0.321. The number of piperidine rings is 1. The van der Waals surface area contributed by atoms with Gasteiger partial charge in [0.2, 0.25) is 5.91 Å². The van der Waals surface area contributed by atoms with E-state index in [2.05, 4.69) is 15.1 Å². The van der Waals surface area contributed by atoms with Gasteiger partial charge in [-0.05, 0) is 38.5 Å². The minimum atomic E-state index is -0.265. The summed E-state index contributed by atoms with van der Waals surface area (Å²) < 4.78 is 5.47. The van der Waals surface area contributed by atoms with E-state index in [1.807, 2.05) is 4.90 Å². The zero-order valence-electron chi connectivity index (χ0n) is 15.0. The van der Waals surface area contributed by atoms with Crippen LogP contribution >= 0.6 is 0 Å². The fourth-order valence-electron chi connectivity index (χ4n) is 4.84. The maximum Gasteiger partial charge on any atom is 0.317 e. The lowest BCUT2D eigenvalue weighted by Crippen LogP contribution is -2.66. The Morgan fingerprint density at radius 2 is 1.76 bits per heavy atom. The molecular formula is C18H30N4O3. The summed E-state index contributed by atoms with van der Waals surface area (Å²) in [7, 11) is 0. The van der Waals surface area contributed by atoms with Crippen LogP contribution in [0.5, 0.6) is 0 Å². The average Bonchev–Trinajstić information content (AvgIpc) is 2.62. The summed E-state index contributed by atoms with van der Waals surface area (Å²) in [6, 6.07) is 0.352. The maximum absolute atomic E-state index is 13.3. The van der Waals surface area contributed by atoms with Crippen LogP contribution in [0.25, 0.3) is 0 Å². The van der Waals surface area contributed by atoms with Crippen molar-refractivity contribution in [1.29, 1.82) is 0 Å². The van der Waals surface area contributed by atoms with Gasteiger partial charge >= 0.3 is 6.03 Å². The number of amides is 3. The van der Waals surface area contributed by atoms with Crippen molar-refractivity contribution in [1.82, 2.24) is 20.0 Å². The van der Waals surface area contributed by atoms with Gasteiger partial charge in [0.15, 0.2) is 0 Å². The molecule has 0 aromatic heterocycles. The molecule has 0 aromatic rings. The van der Waals surface area contributed by atoms with Gasteiger partial charge in [-0.2, -0.15) is 0 Å². The molecule has 4 fully saturated rings. The van der Waals surface area contributed by atoms with Crippen molar-refractivity contribution in [3.63, 3.8) is 0 Å². The molecule has 0 unspecified atom stereocenters. The van der Waals surface area contributed by atoms with E-state index in [0.717, 1.165) is 91.0 Å². The quantitative estimate of drug-likeness (QED) is 0.812. The maximum atomic E-state index is 13.3. The van der Waals surface area contributed by atoms with Gasteiger partial charge in [-0.3, -0.25) is 9.69 Å². The smallest absolute Gasteiger partial charge is 0.317 e. The summed E-state index contributed by atoms with van der Waals surface area (Å²) in [5.41, 5.74) is -0.265. The van der Waals surface area contributed by atoms with Crippen molar-refractivity contribution >= 4 is 11.9 Å². The molecule has 140 valence electrons. The molecule has 3 amide bonds. The van der Waals surface area contributed by atoms with Crippen LogP contribution in [0.1, 0.15) is 38.5 Å². The van der Waals surface area contributed by atoms with Gasteiger partial charge in [0.1, 0.15) is 5.54 Å². The van der Waals surface area contributed by atoms with Crippen LogP contribution in [0, 0.1) is 0 Å². The number of likely N-dealkylation sites (tertiary alicyclic amines) is 1. The Labute approximate surface area is 149 Å². The number of rotatable bonds is 3. The highest BCUT2D eigenvalue weighted by atomic mass is 16.5. The molecule has 1 N–H and O–H groups in total. The zero-order valence-corrected chi connectivity index (χ0v) is 15.0. The van der Waals surface area contributed by atoms with Crippen LogP contribution < -0.4 is 5.32 Å². The molecule has 0 atom stereocenters. The molecule has 4 rings (SSSR count). The predicted octanol–water partition coefficient (Wildman–Crippen LogP) is 0.648. The third-order valence-electron chi connectivity index (χ3n) is 6.50. The van der Waals surface area contributed by atoms with E-state index in [0.29, 0.717) is 5.91 Å². The zero-order chi connectivity index (χ0) is 17.3. The van der Waals surface area contributed by atoms with Crippen LogP contribution in [-0.2, 0) is 9.53 Å². The van der Waals surface area contributed by atoms with Crippen LogP contribution in [-0.4, -0.2) is 90.7 Å². The van der Waals surface area contributed by atoms with E-state index in [4.69, 9.17) is 4.74 Å². The topological polar surface area (TPSA) is 65.1 Å². The Hall–Kier alpha value is -1.34. The van der Waals surface area contributed by atoms with Gasteiger partial charge in [-0.25, -0.2) is 4.79 Å². The van der Waals surface area contributed by atoms with Crippen molar-refractivity contribution in [3.05, 3.63) is 0 Å². The van der Waals surface area contributed by atoms with E-state index in [1.165, 1.54) is 0 Å². The molecule has 3 saturated heterocycles. The fourth-order valence-corrected chi connectivity index (χ4v) is 4.84. The van der Waals surface area contributed by atoms with Crippen molar-refractivity contribution in [2.24, 2.45) is 0 Å². The SMILES string of the molecule is O=C1NCCCN1C1CCN(C(=O)C2(N3CCOCC3)CCC2)CC1. The van der Waals surface area contributed by atoms with Crippen molar-refractivity contribution in [2.75, 3.05) is 52.5 Å². The number of morpholine rings is 1. The predicted molar refractivity (Wildman–Crippen MR) is 93.3 cm³/mol. The lowest BCUT2D eigenvalue weighted by molar-refractivity contribution is -0.157. The molecule has 7 heteroatoms. The van der Waals surface area contributed by atoms with E-state index in [1.54, 1.807) is 0 Å². The number of nitrogens with one attached hydrogen (secondary N) is 1. The van der Waals surface area contributed by atoms with Gasteiger partial charge in [0, 0.05) is 45.3 Å². The summed E-state index contributed by atoms with van der Waals surface area (Å²) in [5, 5.41) is 2.94. The monoisotopic (exact) mass is 350 g/mol. The molecular weight excluding hydrogens is 320 g/mol. The molecule has 1 saturated carbocycles. The largest absolute Gasteiger partial charge is 0.379 e. The number of carbonyl (C=O) groups excluding carboxylic acids is 2. The summed E-state index contributed by atoms with van der Waals surface area (Å²) in [6.45, 7) is 6.41. The van der Waals surface area contributed by atoms with Crippen LogP contribution in [0.4, 0.5) is 4.79 Å². The van der Waals surface area contributed by atoms with Crippen LogP contribution in [0.15, 0.2) is 0 Å². The Kier molecular flexibility index (Phi) is 4.86. The minimum Gasteiger partial charge on any atom is -0.379 e. The molecule has 7 nitrogen and oxygen atoms in total. The molecule has 25 heavy (non-hydrogen) atoms. The fraction of sp³-hybridized carbons (Fsp3) is 0.889. The normalized spacial score (nSPS) is 28.4. The Balaban J connectivity index is 1.36. The molecule has 0 spiro atoms. The first-order valence-electron chi connectivity index (χ1n) is 9.87. The number of urea groups is 1. The van der Waals surface area contributed by atoms with Crippen molar-refractivity contribution < 1.29 is 14.3 Å². The van der Waals surface area contributed by atoms with Gasteiger partial charge < -0.3 is 19.9 Å². The minimum absolute atomic E-state index is 0.0693. The molecule has 3 heterocycles. The molecule has 0 bridgehead atoms. The second-order valence-electron chi connectivity index (χ2n) is 7.79. The highest BCUT2D eigenvalue weighted by Gasteiger charge is 2.51. The third-order valence-corrected chi connectivity index (χ3v) is 6.50. The Morgan fingerprint density at radius 3 is 2.36 bits per heavy atom. The van der Waals surface area contributed by atoms with E-state index in [9.17, 15) is 9.59 Å². The van der Waals surface area contributed by atoms with Crippen molar-refractivity contribution in [2.45, 2.75) is 50.1 Å². The number of hydrogen-bond acceptors (Lipinski definition) is 4. The molecule has 0 radical (unpaired) electrons. The van der Waals surface area contributed by atoms with E-state index in [-0.39, 0.29) is 17.6 Å². The molecule has 1 aliphatic carbocycles. The van der Waals surface area contributed by atoms with E-state index >= 15 is 0 Å². The lowest BCUT2D eigenvalue weighted by atomic mass is 9.73. The van der Waals surface area contributed by atoms with Gasteiger partial charge in [-0.15, -0.1) is 0 Å². The molecule has 0 aromatic carbocycles. The average molecular weight is 350 g/mol. The van der Waals surface area contributed by atoms with Gasteiger partial charge in [-0.1, -0.05) is 0 Å². The second-order valence-corrected chi connectivity index (χ2v) is 7.79. The second kappa shape index (κ2) is 7.11. The Bertz CT molecular complexity index is 508. The third kappa shape index (κ3) is 3.12.